The Kier molecular flexibility index (Phi) is 9.30. The minimum atomic E-state index is 0.322. The highest BCUT2D eigenvalue weighted by atomic mass is 32.2. The average Bonchev–Trinajstić information content (AvgIpc) is 2.53. The molecule has 0 spiro atoms. The van der Waals surface area contributed by atoms with Gasteiger partial charge in [0, 0.05) is 25.5 Å². The lowest BCUT2D eigenvalue weighted by Gasteiger charge is -2.19. The van der Waals surface area contributed by atoms with Crippen molar-refractivity contribution < 1.29 is 14.2 Å². The summed E-state index contributed by atoms with van der Waals surface area (Å²) in [6.45, 7) is 3.90. The molecular formula is C16H27NO3S. The Morgan fingerprint density at radius 3 is 2.52 bits per heavy atom. The van der Waals surface area contributed by atoms with Crippen molar-refractivity contribution in [1.82, 2.24) is 5.32 Å². The molecule has 5 heteroatoms. The third kappa shape index (κ3) is 6.16. The van der Waals surface area contributed by atoms with Crippen LogP contribution in [0.25, 0.3) is 0 Å². The predicted octanol–water partition coefficient (Wildman–Crippen LogP) is 3.12. The first-order chi connectivity index (χ1) is 10.3. The van der Waals surface area contributed by atoms with Gasteiger partial charge in [0.15, 0.2) is 11.5 Å². The molecule has 0 aliphatic heterocycles. The zero-order valence-electron chi connectivity index (χ0n) is 13.5. The Morgan fingerprint density at radius 2 is 1.90 bits per heavy atom. The lowest BCUT2D eigenvalue weighted by molar-refractivity contribution is 0.200. The quantitative estimate of drug-likeness (QED) is 0.636. The molecule has 0 aliphatic rings. The molecule has 0 saturated carbocycles. The van der Waals surface area contributed by atoms with Gasteiger partial charge < -0.3 is 19.5 Å². The fourth-order valence-electron chi connectivity index (χ4n) is 2.10. The summed E-state index contributed by atoms with van der Waals surface area (Å²) >= 11 is 1.94. The van der Waals surface area contributed by atoms with Gasteiger partial charge in [-0.2, -0.15) is 11.8 Å². The van der Waals surface area contributed by atoms with E-state index in [1.54, 1.807) is 21.3 Å². The van der Waals surface area contributed by atoms with Crippen LogP contribution in [0, 0.1) is 0 Å². The van der Waals surface area contributed by atoms with E-state index in [9.17, 15) is 0 Å². The molecule has 0 radical (unpaired) electrons. The Labute approximate surface area is 132 Å². The fourth-order valence-corrected chi connectivity index (χ4v) is 3.13. The zero-order valence-corrected chi connectivity index (χ0v) is 14.3. The van der Waals surface area contributed by atoms with Crippen LogP contribution in [0.3, 0.4) is 0 Å². The molecule has 0 bridgehead atoms. The summed E-state index contributed by atoms with van der Waals surface area (Å²) in [6.07, 6.45) is 1.09. The van der Waals surface area contributed by atoms with Crippen LogP contribution in [0.1, 0.15) is 24.9 Å². The summed E-state index contributed by atoms with van der Waals surface area (Å²) in [7, 11) is 5.07. The van der Waals surface area contributed by atoms with E-state index in [0.717, 1.165) is 42.6 Å². The Hall–Kier alpha value is -0.910. The van der Waals surface area contributed by atoms with Crippen LogP contribution in [0.5, 0.6) is 11.5 Å². The molecule has 1 unspecified atom stereocenters. The van der Waals surface area contributed by atoms with Gasteiger partial charge in [0.25, 0.3) is 0 Å². The number of hydrogen-bond acceptors (Lipinski definition) is 5. The smallest absolute Gasteiger partial charge is 0.161 e. The van der Waals surface area contributed by atoms with Gasteiger partial charge in [-0.05, 0) is 36.4 Å². The Morgan fingerprint density at radius 1 is 1.14 bits per heavy atom. The van der Waals surface area contributed by atoms with Crippen LogP contribution in [0.2, 0.25) is 0 Å². The number of methoxy groups -OCH3 is 3. The van der Waals surface area contributed by atoms with Crippen molar-refractivity contribution in [3.05, 3.63) is 23.8 Å². The minimum Gasteiger partial charge on any atom is -0.493 e. The van der Waals surface area contributed by atoms with Gasteiger partial charge in [0.2, 0.25) is 0 Å². The van der Waals surface area contributed by atoms with Gasteiger partial charge in [-0.3, -0.25) is 0 Å². The summed E-state index contributed by atoms with van der Waals surface area (Å²) in [5.74, 6) is 3.70. The number of ether oxygens (including phenoxy) is 3. The lowest BCUT2D eigenvalue weighted by atomic mass is 10.1. The van der Waals surface area contributed by atoms with Crippen molar-refractivity contribution in [2.45, 2.75) is 19.4 Å². The van der Waals surface area contributed by atoms with E-state index in [-0.39, 0.29) is 0 Å². The monoisotopic (exact) mass is 313 g/mol. The lowest BCUT2D eigenvalue weighted by Crippen LogP contribution is -2.23. The number of benzene rings is 1. The van der Waals surface area contributed by atoms with Crippen LogP contribution in [-0.4, -0.2) is 46.0 Å². The van der Waals surface area contributed by atoms with Gasteiger partial charge in [-0.1, -0.05) is 13.0 Å². The molecule has 0 saturated heterocycles. The zero-order chi connectivity index (χ0) is 15.5. The van der Waals surface area contributed by atoms with E-state index < -0.39 is 0 Å². The highest BCUT2D eigenvalue weighted by molar-refractivity contribution is 7.99. The SMILES string of the molecule is CCNC(CSCCCOC)c1ccc(OC)c(OC)c1. The van der Waals surface area contributed by atoms with E-state index in [1.807, 2.05) is 17.8 Å². The van der Waals surface area contributed by atoms with Crippen LogP contribution in [-0.2, 0) is 4.74 Å². The molecule has 4 nitrogen and oxygen atoms in total. The summed E-state index contributed by atoms with van der Waals surface area (Å²) in [4.78, 5) is 0. The van der Waals surface area contributed by atoms with Crippen molar-refractivity contribution in [3.8, 4) is 11.5 Å². The molecule has 0 amide bonds. The molecule has 1 N–H and O–H groups in total. The normalized spacial score (nSPS) is 12.2. The number of nitrogens with one attached hydrogen (secondary N) is 1. The van der Waals surface area contributed by atoms with Crippen LogP contribution in [0.4, 0.5) is 0 Å². The molecule has 1 aromatic rings. The largest absolute Gasteiger partial charge is 0.493 e. The van der Waals surface area contributed by atoms with Gasteiger partial charge in [-0.25, -0.2) is 0 Å². The Bertz CT molecular complexity index is 401. The number of rotatable bonds is 11. The second kappa shape index (κ2) is 10.8. The molecule has 1 atom stereocenters. The number of thioether (sulfide) groups is 1. The molecule has 120 valence electrons. The summed E-state index contributed by atoms with van der Waals surface area (Å²) in [5.41, 5.74) is 1.23. The van der Waals surface area contributed by atoms with E-state index >= 15 is 0 Å². The molecular weight excluding hydrogens is 286 g/mol. The van der Waals surface area contributed by atoms with E-state index in [1.165, 1.54) is 5.56 Å². The van der Waals surface area contributed by atoms with Crippen LogP contribution < -0.4 is 14.8 Å². The van der Waals surface area contributed by atoms with E-state index in [0.29, 0.717) is 6.04 Å². The maximum absolute atomic E-state index is 5.39. The summed E-state index contributed by atoms with van der Waals surface area (Å²) < 4.78 is 15.8. The standard InChI is InChI=1S/C16H27NO3S/c1-5-17-14(12-21-10-6-9-18-2)13-7-8-15(19-3)16(11-13)20-4/h7-8,11,14,17H,5-6,9-10,12H2,1-4H3. The highest BCUT2D eigenvalue weighted by Gasteiger charge is 2.13. The van der Waals surface area contributed by atoms with Crippen molar-refractivity contribution in [1.29, 1.82) is 0 Å². The average molecular weight is 313 g/mol. The third-order valence-electron chi connectivity index (χ3n) is 3.18. The van der Waals surface area contributed by atoms with Crippen molar-refractivity contribution in [3.63, 3.8) is 0 Å². The van der Waals surface area contributed by atoms with Crippen LogP contribution in [0.15, 0.2) is 18.2 Å². The van der Waals surface area contributed by atoms with Crippen molar-refractivity contribution >= 4 is 11.8 Å². The van der Waals surface area contributed by atoms with Gasteiger partial charge in [0.1, 0.15) is 0 Å². The molecule has 0 aromatic heterocycles. The van der Waals surface area contributed by atoms with Gasteiger partial charge >= 0.3 is 0 Å². The molecule has 21 heavy (non-hydrogen) atoms. The van der Waals surface area contributed by atoms with Gasteiger partial charge in [-0.15, -0.1) is 0 Å². The molecule has 1 rings (SSSR count). The molecule has 0 aliphatic carbocycles. The van der Waals surface area contributed by atoms with Crippen LogP contribution >= 0.6 is 11.8 Å². The first-order valence-corrected chi connectivity index (χ1v) is 8.44. The first-order valence-electron chi connectivity index (χ1n) is 7.28. The number of hydrogen-bond donors (Lipinski definition) is 1. The molecule has 1 aromatic carbocycles. The highest BCUT2D eigenvalue weighted by Crippen LogP contribution is 2.31. The first kappa shape index (κ1) is 18.1. The minimum absolute atomic E-state index is 0.322. The summed E-state index contributed by atoms with van der Waals surface area (Å²) in [6, 6.07) is 6.45. The fraction of sp³-hybridized carbons (Fsp3) is 0.625. The topological polar surface area (TPSA) is 39.7 Å². The second-order valence-electron chi connectivity index (χ2n) is 4.65. The summed E-state index contributed by atoms with van der Waals surface area (Å²) in [5, 5.41) is 3.53. The third-order valence-corrected chi connectivity index (χ3v) is 4.33. The maximum Gasteiger partial charge on any atom is 0.161 e. The molecule has 0 heterocycles. The van der Waals surface area contributed by atoms with E-state index in [2.05, 4.69) is 24.4 Å². The Balaban J connectivity index is 2.66. The van der Waals surface area contributed by atoms with Crippen molar-refractivity contribution in [2.24, 2.45) is 0 Å². The van der Waals surface area contributed by atoms with Crippen molar-refractivity contribution in [2.75, 3.05) is 46.0 Å². The van der Waals surface area contributed by atoms with Gasteiger partial charge in [0.05, 0.1) is 14.2 Å². The molecule has 0 fully saturated rings. The second-order valence-corrected chi connectivity index (χ2v) is 5.80. The maximum atomic E-state index is 5.39. The predicted molar refractivity (Wildman–Crippen MR) is 89.8 cm³/mol. The van der Waals surface area contributed by atoms with E-state index in [4.69, 9.17) is 14.2 Å².